The summed E-state index contributed by atoms with van der Waals surface area (Å²) in [7, 11) is 1.59. The second-order valence-corrected chi connectivity index (χ2v) is 10.6. The smallest absolute Gasteiger partial charge is 0.267 e. The molecule has 2 aromatic carbocycles. The van der Waals surface area contributed by atoms with Gasteiger partial charge in [0.05, 0.1) is 24.4 Å². The topological polar surface area (TPSA) is 82.9 Å². The molecular weight excluding hydrogens is 498 g/mol. The standard InChI is InChI=1S/C27H22ClN3O4S/c1-34-18-12-6-15(7-13-18)23-22-24(35-31(23)17-10-8-16(28)9-11-17)26(33)30(25(22)32)27-20(14-29)19-4-2-3-5-21(19)36-27/h6-13,22-24H,2-5H2,1H3. The first-order valence-electron chi connectivity index (χ1n) is 11.8. The number of carbonyl (C=O) groups excluding carboxylic acids is 2. The van der Waals surface area contributed by atoms with Gasteiger partial charge in [-0.05, 0) is 73.2 Å². The zero-order valence-electron chi connectivity index (χ0n) is 19.4. The van der Waals surface area contributed by atoms with Gasteiger partial charge in [-0.15, -0.1) is 11.3 Å². The van der Waals surface area contributed by atoms with Gasteiger partial charge < -0.3 is 4.74 Å². The number of benzene rings is 2. The number of thiophene rings is 1. The van der Waals surface area contributed by atoms with E-state index in [1.807, 2.05) is 24.3 Å². The van der Waals surface area contributed by atoms with Crippen LogP contribution < -0.4 is 14.7 Å². The van der Waals surface area contributed by atoms with Crippen molar-refractivity contribution >= 4 is 45.4 Å². The largest absolute Gasteiger partial charge is 0.497 e. The Bertz CT molecular complexity index is 1400. The molecular formula is C27H22ClN3O4S. The van der Waals surface area contributed by atoms with Crippen molar-refractivity contribution < 1.29 is 19.2 Å². The molecule has 2 fully saturated rings. The molecule has 3 atom stereocenters. The van der Waals surface area contributed by atoms with Gasteiger partial charge in [-0.1, -0.05) is 23.7 Å². The Balaban J connectivity index is 1.43. The molecule has 3 heterocycles. The van der Waals surface area contributed by atoms with Crippen molar-refractivity contribution in [2.24, 2.45) is 5.92 Å². The predicted octanol–water partition coefficient (Wildman–Crippen LogP) is 5.21. The van der Waals surface area contributed by atoms with Crippen LogP contribution in [0, 0.1) is 17.2 Å². The van der Waals surface area contributed by atoms with Crippen LogP contribution in [0.3, 0.4) is 0 Å². The summed E-state index contributed by atoms with van der Waals surface area (Å²) in [5.74, 6) is -0.870. The highest BCUT2D eigenvalue weighted by atomic mass is 35.5. The number of amides is 2. The average Bonchev–Trinajstić information content (AvgIpc) is 3.54. The van der Waals surface area contributed by atoms with Gasteiger partial charge in [0.15, 0.2) is 6.10 Å². The van der Waals surface area contributed by atoms with Crippen molar-refractivity contribution in [2.75, 3.05) is 17.1 Å². The van der Waals surface area contributed by atoms with Crippen molar-refractivity contribution in [2.45, 2.75) is 37.8 Å². The molecule has 0 N–H and O–H groups in total. The number of fused-ring (bicyclic) bond motifs is 2. The monoisotopic (exact) mass is 519 g/mol. The van der Waals surface area contributed by atoms with E-state index in [2.05, 4.69) is 6.07 Å². The van der Waals surface area contributed by atoms with Crippen molar-refractivity contribution in [3.05, 3.63) is 75.1 Å². The number of hydrogen-bond acceptors (Lipinski definition) is 7. The van der Waals surface area contributed by atoms with Gasteiger partial charge in [0.1, 0.15) is 22.7 Å². The highest BCUT2D eigenvalue weighted by Crippen LogP contribution is 2.50. The Morgan fingerprint density at radius 3 is 2.47 bits per heavy atom. The zero-order chi connectivity index (χ0) is 25.0. The average molecular weight is 520 g/mol. The van der Waals surface area contributed by atoms with E-state index in [4.69, 9.17) is 21.2 Å². The Labute approximate surface area is 217 Å². The van der Waals surface area contributed by atoms with E-state index in [0.717, 1.165) is 41.7 Å². The molecule has 0 saturated carbocycles. The minimum atomic E-state index is -0.994. The molecule has 3 unspecified atom stereocenters. The molecule has 36 heavy (non-hydrogen) atoms. The van der Waals surface area contributed by atoms with Crippen LogP contribution in [0.15, 0.2) is 48.5 Å². The number of imide groups is 1. The number of hydroxylamine groups is 1. The summed E-state index contributed by atoms with van der Waals surface area (Å²) in [6.07, 6.45) is 2.72. The van der Waals surface area contributed by atoms with Crippen molar-refractivity contribution in [3.63, 3.8) is 0 Å². The van der Waals surface area contributed by atoms with Crippen LogP contribution in [0.25, 0.3) is 0 Å². The maximum atomic E-state index is 14.0. The molecule has 2 saturated heterocycles. The minimum Gasteiger partial charge on any atom is -0.497 e. The molecule has 3 aliphatic rings. The molecule has 0 bridgehead atoms. The Kier molecular flexibility index (Phi) is 5.72. The van der Waals surface area contributed by atoms with Gasteiger partial charge >= 0.3 is 0 Å². The number of methoxy groups -OCH3 is 1. The number of nitrogens with zero attached hydrogens (tertiary/aromatic N) is 3. The summed E-state index contributed by atoms with van der Waals surface area (Å²) >= 11 is 7.48. The normalized spacial score (nSPS) is 23.0. The minimum absolute atomic E-state index is 0.350. The lowest BCUT2D eigenvalue weighted by atomic mass is 9.90. The number of anilines is 2. The molecule has 2 aliphatic heterocycles. The third-order valence-electron chi connectivity index (χ3n) is 7.12. The van der Waals surface area contributed by atoms with Crippen LogP contribution in [-0.2, 0) is 27.3 Å². The summed E-state index contributed by atoms with van der Waals surface area (Å²) < 4.78 is 5.30. The number of carbonyl (C=O) groups is 2. The van der Waals surface area contributed by atoms with E-state index in [0.29, 0.717) is 27.0 Å². The van der Waals surface area contributed by atoms with Crippen LogP contribution in [0.5, 0.6) is 5.75 Å². The van der Waals surface area contributed by atoms with Gasteiger partial charge in [0.25, 0.3) is 5.91 Å². The molecule has 6 rings (SSSR count). The zero-order valence-corrected chi connectivity index (χ0v) is 21.0. The summed E-state index contributed by atoms with van der Waals surface area (Å²) in [4.78, 5) is 36.2. The first-order chi connectivity index (χ1) is 17.5. The van der Waals surface area contributed by atoms with E-state index in [1.165, 1.54) is 16.2 Å². The number of halogens is 1. The summed E-state index contributed by atoms with van der Waals surface area (Å²) in [6.45, 7) is 0. The van der Waals surface area contributed by atoms with Crippen molar-refractivity contribution in [1.82, 2.24) is 0 Å². The fraction of sp³-hybridized carbons (Fsp3) is 0.296. The van der Waals surface area contributed by atoms with E-state index in [-0.39, 0.29) is 5.91 Å². The summed E-state index contributed by atoms with van der Waals surface area (Å²) in [6, 6.07) is 16.2. The fourth-order valence-corrected chi connectivity index (χ4v) is 6.87. The Hall–Kier alpha value is -3.38. The van der Waals surface area contributed by atoms with Crippen LogP contribution in [0.2, 0.25) is 5.02 Å². The highest BCUT2D eigenvalue weighted by molar-refractivity contribution is 7.17. The van der Waals surface area contributed by atoms with Crippen molar-refractivity contribution in [3.8, 4) is 11.8 Å². The van der Waals surface area contributed by atoms with Gasteiger partial charge in [0.2, 0.25) is 5.91 Å². The lowest BCUT2D eigenvalue weighted by Gasteiger charge is -2.28. The number of rotatable bonds is 4. The van der Waals surface area contributed by atoms with Gasteiger partial charge in [-0.3, -0.25) is 14.4 Å². The van der Waals surface area contributed by atoms with Crippen molar-refractivity contribution in [1.29, 1.82) is 5.26 Å². The van der Waals surface area contributed by atoms with Gasteiger partial charge in [-0.25, -0.2) is 9.96 Å². The third-order valence-corrected chi connectivity index (χ3v) is 8.65. The van der Waals surface area contributed by atoms with Gasteiger partial charge in [0, 0.05) is 9.90 Å². The number of aryl methyl sites for hydroxylation is 1. The molecule has 1 aromatic heterocycles. The van der Waals surface area contributed by atoms with E-state index in [9.17, 15) is 14.9 Å². The fourth-order valence-electron chi connectivity index (χ4n) is 5.39. The van der Waals surface area contributed by atoms with Crippen LogP contribution in [0.1, 0.15) is 40.5 Å². The molecule has 1 aliphatic carbocycles. The predicted molar refractivity (Wildman–Crippen MR) is 136 cm³/mol. The van der Waals surface area contributed by atoms with E-state index >= 15 is 0 Å². The van der Waals surface area contributed by atoms with E-state index < -0.39 is 24.0 Å². The van der Waals surface area contributed by atoms with Gasteiger partial charge in [-0.2, -0.15) is 5.26 Å². The second-order valence-electron chi connectivity index (χ2n) is 9.09. The highest BCUT2D eigenvalue weighted by Gasteiger charge is 2.61. The molecule has 0 radical (unpaired) electrons. The molecule has 3 aromatic rings. The molecule has 9 heteroatoms. The second kappa shape index (κ2) is 8.93. The third kappa shape index (κ3) is 3.50. The Morgan fingerprint density at radius 1 is 1.06 bits per heavy atom. The lowest BCUT2D eigenvalue weighted by Crippen LogP contribution is -2.37. The molecule has 7 nitrogen and oxygen atoms in total. The number of nitriles is 1. The molecule has 182 valence electrons. The first-order valence-corrected chi connectivity index (χ1v) is 13.0. The first kappa shape index (κ1) is 23.0. The van der Waals surface area contributed by atoms with Crippen LogP contribution in [-0.4, -0.2) is 25.0 Å². The van der Waals surface area contributed by atoms with Crippen LogP contribution in [0.4, 0.5) is 10.7 Å². The molecule has 2 amide bonds. The maximum Gasteiger partial charge on any atom is 0.267 e. The van der Waals surface area contributed by atoms with E-state index in [1.54, 1.807) is 36.4 Å². The number of hydrogen-bond donors (Lipinski definition) is 0. The number of ether oxygens (including phenoxy) is 1. The lowest BCUT2D eigenvalue weighted by molar-refractivity contribution is -0.126. The summed E-state index contributed by atoms with van der Waals surface area (Å²) in [5.41, 5.74) is 2.93. The molecule has 0 spiro atoms. The maximum absolute atomic E-state index is 14.0. The quantitative estimate of drug-likeness (QED) is 0.440. The SMILES string of the molecule is COc1ccc(C2C3C(=O)N(c4sc5c(c4C#N)CCCC5)C(=O)C3ON2c2ccc(Cl)cc2)cc1. The summed E-state index contributed by atoms with van der Waals surface area (Å²) in [5, 5.41) is 12.6. The van der Waals surface area contributed by atoms with Crippen LogP contribution >= 0.6 is 22.9 Å². The Morgan fingerprint density at radius 2 is 1.78 bits per heavy atom.